The fourth-order valence-electron chi connectivity index (χ4n) is 1.65. The Labute approximate surface area is 90.9 Å². The molecule has 1 aliphatic heterocycles. The second-order valence-corrected chi connectivity index (χ2v) is 4.03. The quantitative estimate of drug-likeness (QED) is 0.619. The predicted octanol–water partition coefficient (Wildman–Crippen LogP) is -0.970. The van der Waals surface area contributed by atoms with Gasteiger partial charge in [-0.25, -0.2) is 0 Å². The van der Waals surface area contributed by atoms with Crippen LogP contribution in [0.5, 0.6) is 0 Å². The van der Waals surface area contributed by atoms with Crippen LogP contribution < -0.4 is 11.1 Å². The van der Waals surface area contributed by atoms with Crippen molar-refractivity contribution in [1.29, 1.82) is 0 Å². The van der Waals surface area contributed by atoms with E-state index in [1.54, 1.807) is 0 Å². The van der Waals surface area contributed by atoms with Crippen LogP contribution in [0.4, 0.5) is 0 Å². The average molecular weight is 215 g/mol. The van der Waals surface area contributed by atoms with Gasteiger partial charge in [-0.1, -0.05) is 6.92 Å². The Kier molecular flexibility index (Phi) is 5.60. The molecule has 1 amide bonds. The van der Waals surface area contributed by atoms with Gasteiger partial charge in [0.2, 0.25) is 5.91 Å². The van der Waals surface area contributed by atoms with E-state index in [0.717, 1.165) is 32.8 Å². The number of amides is 1. The number of hydrogen-bond donors (Lipinski definition) is 2. The summed E-state index contributed by atoms with van der Waals surface area (Å²) in [7, 11) is 0. The van der Waals surface area contributed by atoms with Crippen LogP contribution in [-0.4, -0.2) is 56.7 Å². The molecule has 0 aromatic carbocycles. The van der Waals surface area contributed by atoms with Crippen molar-refractivity contribution >= 4 is 5.91 Å². The van der Waals surface area contributed by atoms with Crippen LogP contribution in [0.1, 0.15) is 6.92 Å². The highest BCUT2D eigenvalue weighted by atomic mass is 16.5. The van der Waals surface area contributed by atoms with Crippen molar-refractivity contribution in [1.82, 2.24) is 10.2 Å². The van der Waals surface area contributed by atoms with Crippen molar-refractivity contribution in [3.63, 3.8) is 0 Å². The molecule has 1 unspecified atom stereocenters. The minimum atomic E-state index is -0.0798. The molecule has 1 heterocycles. The lowest BCUT2D eigenvalue weighted by Gasteiger charge is -2.29. The van der Waals surface area contributed by atoms with Gasteiger partial charge in [0.1, 0.15) is 0 Å². The lowest BCUT2D eigenvalue weighted by molar-refractivity contribution is -0.119. The summed E-state index contributed by atoms with van der Waals surface area (Å²) in [6.45, 7) is 7.55. The first kappa shape index (κ1) is 12.4. The molecule has 0 bridgehead atoms. The van der Waals surface area contributed by atoms with Gasteiger partial charge in [-0.15, -0.1) is 0 Å². The number of rotatable bonds is 5. The third-order valence-electron chi connectivity index (χ3n) is 2.51. The SMILES string of the molecule is CC(CNC(=O)CN)CN1CCOCC1. The molecule has 0 aliphatic carbocycles. The number of hydrogen-bond acceptors (Lipinski definition) is 4. The lowest BCUT2D eigenvalue weighted by atomic mass is 10.1. The molecule has 0 saturated carbocycles. The molecule has 0 aromatic heterocycles. The molecule has 0 spiro atoms. The van der Waals surface area contributed by atoms with Gasteiger partial charge in [-0.2, -0.15) is 0 Å². The molecule has 1 rings (SSSR count). The van der Waals surface area contributed by atoms with Crippen LogP contribution in [0.15, 0.2) is 0 Å². The molecular weight excluding hydrogens is 194 g/mol. The number of ether oxygens (including phenoxy) is 1. The van der Waals surface area contributed by atoms with Crippen LogP contribution in [0.25, 0.3) is 0 Å². The zero-order valence-corrected chi connectivity index (χ0v) is 9.37. The summed E-state index contributed by atoms with van der Waals surface area (Å²) < 4.78 is 5.27. The molecule has 0 aromatic rings. The monoisotopic (exact) mass is 215 g/mol. The van der Waals surface area contributed by atoms with E-state index in [9.17, 15) is 4.79 Å². The van der Waals surface area contributed by atoms with Gasteiger partial charge < -0.3 is 15.8 Å². The molecule has 15 heavy (non-hydrogen) atoms. The van der Waals surface area contributed by atoms with E-state index in [1.807, 2.05) is 0 Å². The fourth-order valence-corrected chi connectivity index (χ4v) is 1.65. The third-order valence-corrected chi connectivity index (χ3v) is 2.51. The first-order valence-electron chi connectivity index (χ1n) is 5.49. The molecule has 1 aliphatic rings. The number of nitrogens with two attached hydrogens (primary N) is 1. The molecule has 5 nitrogen and oxygen atoms in total. The van der Waals surface area contributed by atoms with Crippen LogP contribution in [0, 0.1) is 5.92 Å². The van der Waals surface area contributed by atoms with E-state index in [2.05, 4.69) is 17.1 Å². The van der Waals surface area contributed by atoms with Crippen molar-refractivity contribution < 1.29 is 9.53 Å². The average Bonchev–Trinajstić information content (AvgIpc) is 2.27. The summed E-state index contributed by atoms with van der Waals surface area (Å²) in [5.74, 6) is 0.377. The maximum Gasteiger partial charge on any atom is 0.233 e. The van der Waals surface area contributed by atoms with Crippen molar-refractivity contribution in [3.05, 3.63) is 0 Å². The van der Waals surface area contributed by atoms with Crippen LogP contribution in [0.3, 0.4) is 0 Å². The molecule has 0 radical (unpaired) electrons. The Morgan fingerprint density at radius 3 is 2.80 bits per heavy atom. The smallest absolute Gasteiger partial charge is 0.233 e. The Morgan fingerprint density at radius 1 is 1.53 bits per heavy atom. The Hall–Kier alpha value is -0.650. The van der Waals surface area contributed by atoms with E-state index in [0.29, 0.717) is 12.5 Å². The first-order valence-corrected chi connectivity index (χ1v) is 5.49. The summed E-state index contributed by atoms with van der Waals surface area (Å²) in [4.78, 5) is 13.3. The zero-order valence-electron chi connectivity index (χ0n) is 9.37. The van der Waals surface area contributed by atoms with Crippen LogP contribution in [0.2, 0.25) is 0 Å². The molecule has 1 fully saturated rings. The highest BCUT2D eigenvalue weighted by molar-refractivity contribution is 5.77. The Bertz CT molecular complexity index is 193. The van der Waals surface area contributed by atoms with Crippen LogP contribution >= 0.6 is 0 Å². The number of morpholine rings is 1. The number of nitrogens with zero attached hydrogens (tertiary/aromatic N) is 1. The van der Waals surface area contributed by atoms with Gasteiger partial charge >= 0.3 is 0 Å². The molecule has 1 saturated heterocycles. The molecule has 3 N–H and O–H groups in total. The summed E-state index contributed by atoms with van der Waals surface area (Å²) >= 11 is 0. The number of carbonyl (C=O) groups is 1. The van der Waals surface area contributed by atoms with Gasteiger partial charge in [-0.3, -0.25) is 9.69 Å². The molecule has 5 heteroatoms. The Balaban J connectivity index is 2.11. The molecule has 88 valence electrons. The van der Waals surface area contributed by atoms with Gasteiger partial charge in [0.05, 0.1) is 19.8 Å². The zero-order chi connectivity index (χ0) is 11.1. The van der Waals surface area contributed by atoms with Gasteiger partial charge in [0, 0.05) is 26.2 Å². The lowest BCUT2D eigenvalue weighted by Crippen LogP contribution is -2.42. The molecular formula is C10H21N3O2. The van der Waals surface area contributed by atoms with E-state index in [4.69, 9.17) is 10.5 Å². The minimum absolute atomic E-state index is 0.0737. The van der Waals surface area contributed by atoms with Gasteiger partial charge in [0.15, 0.2) is 0 Å². The predicted molar refractivity (Wildman–Crippen MR) is 58.5 cm³/mol. The van der Waals surface area contributed by atoms with E-state index >= 15 is 0 Å². The van der Waals surface area contributed by atoms with Gasteiger partial charge in [0.25, 0.3) is 0 Å². The van der Waals surface area contributed by atoms with Crippen molar-refractivity contribution in [2.45, 2.75) is 6.92 Å². The summed E-state index contributed by atoms with van der Waals surface area (Å²) in [6.07, 6.45) is 0. The fraction of sp³-hybridized carbons (Fsp3) is 0.900. The summed E-state index contributed by atoms with van der Waals surface area (Å²) in [5.41, 5.74) is 5.20. The second-order valence-electron chi connectivity index (χ2n) is 4.03. The topological polar surface area (TPSA) is 67.6 Å². The number of nitrogens with one attached hydrogen (secondary N) is 1. The minimum Gasteiger partial charge on any atom is -0.379 e. The first-order chi connectivity index (χ1) is 7.22. The summed E-state index contributed by atoms with van der Waals surface area (Å²) in [6, 6.07) is 0. The van der Waals surface area contributed by atoms with E-state index < -0.39 is 0 Å². The van der Waals surface area contributed by atoms with Crippen molar-refractivity contribution in [2.75, 3.05) is 45.9 Å². The maximum atomic E-state index is 10.9. The van der Waals surface area contributed by atoms with E-state index in [1.165, 1.54) is 0 Å². The van der Waals surface area contributed by atoms with Crippen molar-refractivity contribution in [3.8, 4) is 0 Å². The largest absolute Gasteiger partial charge is 0.379 e. The number of carbonyl (C=O) groups excluding carboxylic acids is 1. The van der Waals surface area contributed by atoms with E-state index in [-0.39, 0.29) is 12.5 Å². The Morgan fingerprint density at radius 2 is 2.20 bits per heavy atom. The van der Waals surface area contributed by atoms with Crippen LogP contribution in [-0.2, 0) is 9.53 Å². The van der Waals surface area contributed by atoms with Gasteiger partial charge in [-0.05, 0) is 5.92 Å². The highest BCUT2D eigenvalue weighted by Gasteiger charge is 2.13. The third kappa shape index (κ3) is 5.11. The standard InChI is InChI=1S/C10H21N3O2/c1-9(7-12-10(14)6-11)8-13-2-4-15-5-3-13/h9H,2-8,11H2,1H3,(H,12,14). The summed E-state index contributed by atoms with van der Waals surface area (Å²) in [5, 5.41) is 2.80. The second kappa shape index (κ2) is 6.76. The van der Waals surface area contributed by atoms with Crippen molar-refractivity contribution in [2.24, 2.45) is 11.7 Å². The highest BCUT2D eigenvalue weighted by Crippen LogP contribution is 2.02. The molecule has 1 atom stereocenters. The normalized spacial score (nSPS) is 19.9. The maximum absolute atomic E-state index is 10.9.